The van der Waals surface area contributed by atoms with Crippen molar-refractivity contribution in [1.82, 2.24) is 10.2 Å². The minimum absolute atomic E-state index is 0.0578. The molecule has 0 aliphatic rings. The fourth-order valence-corrected chi connectivity index (χ4v) is 2.38. The molecule has 134 valence electrons. The van der Waals surface area contributed by atoms with Crippen molar-refractivity contribution >= 4 is 17.5 Å². The summed E-state index contributed by atoms with van der Waals surface area (Å²) in [5.74, 6) is 0.354. The first-order valence-electron chi connectivity index (χ1n) is 8.77. The van der Waals surface area contributed by atoms with Gasteiger partial charge in [-0.1, -0.05) is 32.9 Å². The topological polar surface area (TPSA) is 61.4 Å². The first-order valence-corrected chi connectivity index (χ1v) is 8.77. The van der Waals surface area contributed by atoms with E-state index in [0.717, 1.165) is 12.1 Å². The highest BCUT2D eigenvalue weighted by molar-refractivity contribution is 5.92. The number of benzene rings is 1. The highest BCUT2D eigenvalue weighted by Crippen LogP contribution is 2.20. The molecule has 0 unspecified atom stereocenters. The van der Waals surface area contributed by atoms with E-state index < -0.39 is 0 Å². The van der Waals surface area contributed by atoms with Crippen molar-refractivity contribution in [2.75, 3.05) is 25.0 Å². The second-order valence-corrected chi connectivity index (χ2v) is 6.50. The summed E-state index contributed by atoms with van der Waals surface area (Å²) in [7, 11) is 0. The number of hydrogen-bond donors (Lipinski definition) is 2. The Morgan fingerprint density at radius 2 is 1.58 bits per heavy atom. The smallest absolute Gasteiger partial charge is 0.238 e. The molecule has 0 aromatic heterocycles. The summed E-state index contributed by atoms with van der Waals surface area (Å²) in [4.78, 5) is 25.8. The van der Waals surface area contributed by atoms with E-state index in [1.165, 1.54) is 5.56 Å². The number of anilines is 1. The molecule has 0 aliphatic carbocycles. The Morgan fingerprint density at radius 1 is 1.00 bits per heavy atom. The van der Waals surface area contributed by atoms with Crippen LogP contribution in [0.25, 0.3) is 0 Å². The summed E-state index contributed by atoms with van der Waals surface area (Å²) in [6.45, 7) is 11.2. The maximum absolute atomic E-state index is 12.2. The Balaban J connectivity index is 2.53. The predicted octanol–water partition coefficient (Wildman–Crippen LogP) is 2.99. The first kappa shape index (κ1) is 20.2. The van der Waals surface area contributed by atoms with Crippen molar-refractivity contribution in [3.63, 3.8) is 0 Å². The average Bonchev–Trinajstić information content (AvgIpc) is 2.53. The third-order valence-electron chi connectivity index (χ3n) is 4.01. The van der Waals surface area contributed by atoms with Gasteiger partial charge in [0.05, 0.1) is 13.1 Å². The van der Waals surface area contributed by atoms with Gasteiger partial charge in [-0.15, -0.1) is 0 Å². The zero-order valence-corrected chi connectivity index (χ0v) is 15.6. The fourth-order valence-electron chi connectivity index (χ4n) is 2.38. The molecule has 0 saturated heterocycles. The first-order chi connectivity index (χ1) is 11.3. The van der Waals surface area contributed by atoms with E-state index in [2.05, 4.69) is 36.6 Å². The second kappa shape index (κ2) is 10.1. The van der Waals surface area contributed by atoms with E-state index in [9.17, 15) is 9.59 Å². The Labute approximate surface area is 145 Å². The molecule has 0 fully saturated rings. The zero-order valence-electron chi connectivity index (χ0n) is 15.6. The van der Waals surface area contributed by atoms with Crippen LogP contribution in [0.2, 0.25) is 0 Å². The van der Waals surface area contributed by atoms with E-state index in [0.29, 0.717) is 12.5 Å². The van der Waals surface area contributed by atoms with Crippen LogP contribution in [0.1, 0.15) is 52.5 Å². The molecule has 5 heteroatoms. The Bertz CT molecular complexity index is 526. The van der Waals surface area contributed by atoms with Gasteiger partial charge >= 0.3 is 0 Å². The predicted molar refractivity (Wildman–Crippen MR) is 99.2 cm³/mol. The van der Waals surface area contributed by atoms with Crippen LogP contribution in [0.4, 0.5) is 5.69 Å². The van der Waals surface area contributed by atoms with E-state index >= 15 is 0 Å². The van der Waals surface area contributed by atoms with E-state index in [4.69, 9.17) is 0 Å². The lowest BCUT2D eigenvalue weighted by atomic mass is 9.99. The molecule has 2 amide bonds. The molecule has 1 rings (SSSR count). The van der Waals surface area contributed by atoms with Gasteiger partial charge in [-0.25, -0.2) is 0 Å². The maximum atomic E-state index is 12.2. The highest BCUT2D eigenvalue weighted by atomic mass is 16.2. The van der Waals surface area contributed by atoms with Crippen LogP contribution in [-0.4, -0.2) is 42.4 Å². The van der Waals surface area contributed by atoms with Crippen LogP contribution in [0.5, 0.6) is 0 Å². The molecule has 0 radical (unpaired) electrons. The summed E-state index contributed by atoms with van der Waals surface area (Å²) in [6, 6.07) is 8.08. The second-order valence-electron chi connectivity index (χ2n) is 6.50. The molecular weight excluding hydrogens is 302 g/mol. The number of carbonyl (C=O) groups is 2. The Morgan fingerprint density at radius 3 is 2.08 bits per heavy atom. The maximum Gasteiger partial charge on any atom is 0.238 e. The molecule has 0 aliphatic heterocycles. The molecule has 0 saturated carbocycles. The van der Waals surface area contributed by atoms with Gasteiger partial charge in [-0.2, -0.15) is 0 Å². The van der Waals surface area contributed by atoms with Crippen molar-refractivity contribution in [2.45, 2.75) is 53.0 Å². The van der Waals surface area contributed by atoms with Crippen molar-refractivity contribution in [1.29, 1.82) is 0 Å². The van der Waals surface area contributed by atoms with Crippen LogP contribution < -0.4 is 10.6 Å². The zero-order chi connectivity index (χ0) is 18.1. The molecular formula is C19H31N3O2. The number of hydrogen-bond acceptors (Lipinski definition) is 3. The van der Waals surface area contributed by atoms with Gasteiger partial charge in [-0.3, -0.25) is 14.5 Å². The summed E-state index contributed by atoms with van der Waals surface area (Å²) >= 11 is 0. The van der Waals surface area contributed by atoms with Gasteiger partial charge in [0.1, 0.15) is 0 Å². The summed E-state index contributed by atoms with van der Waals surface area (Å²) in [5.41, 5.74) is 2.06. The van der Waals surface area contributed by atoms with Crippen LogP contribution in [0.15, 0.2) is 24.3 Å². The molecule has 0 spiro atoms. The van der Waals surface area contributed by atoms with Gasteiger partial charge in [0.2, 0.25) is 11.8 Å². The summed E-state index contributed by atoms with van der Waals surface area (Å²) < 4.78 is 0. The highest BCUT2D eigenvalue weighted by Gasteiger charge is 2.14. The molecule has 1 aromatic rings. The largest absolute Gasteiger partial charge is 0.353 e. The Kier molecular flexibility index (Phi) is 8.47. The number of rotatable bonds is 9. The number of likely N-dealkylation sites (N-methyl/N-ethyl adjacent to an activating group) is 1. The monoisotopic (exact) mass is 333 g/mol. The molecule has 0 heterocycles. The number of carbonyl (C=O) groups excluding carboxylic acids is 2. The Hall–Kier alpha value is -1.88. The molecule has 24 heavy (non-hydrogen) atoms. The third-order valence-corrected chi connectivity index (χ3v) is 4.01. The summed E-state index contributed by atoms with van der Waals surface area (Å²) in [5, 5.41) is 5.73. The van der Waals surface area contributed by atoms with Gasteiger partial charge in [0.25, 0.3) is 0 Å². The van der Waals surface area contributed by atoms with Crippen molar-refractivity contribution in [3.05, 3.63) is 29.8 Å². The summed E-state index contributed by atoms with van der Waals surface area (Å²) in [6.07, 6.45) is 1.09. The van der Waals surface area contributed by atoms with Crippen molar-refractivity contribution in [3.8, 4) is 0 Å². The van der Waals surface area contributed by atoms with E-state index in [1.807, 2.05) is 37.8 Å². The van der Waals surface area contributed by atoms with Gasteiger partial charge in [0.15, 0.2) is 0 Å². The van der Waals surface area contributed by atoms with E-state index in [-0.39, 0.29) is 30.9 Å². The lowest BCUT2D eigenvalue weighted by Gasteiger charge is -2.20. The number of nitrogens with zero attached hydrogens (tertiary/aromatic N) is 1. The minimum Gasteiger partial charge on any atom is -0.353 e. The van der Waals surface area contributed by atoms with Gasteiger partial charge < -0.3 is 10.6 Å². The quantitative estimate of drug-likeness (QED) is 0.730. The van der Waals surface area contributed by atoms with Crippen LogP contribution >= 0.6 is 0 Å². The molecule has 2 N–H and O–H groups in total. The lowest BCUT2D eigenvalue weighted by Crippen LogP contribution is -2.42. The standard InChI is InChI=1S/C19H31N3O2/c1-6-15(5)16-8-10-17(11-9-16)21-19(24)13-22(7-2)12-18(23)20-14(3)4/h8-11,14-15H,6-7,12-13H2,1-5H3,(H,20,23)(H,21,24)/t15-/m0/s1. The van der Waals surface area contributed by atoms with Crippen LogP contribution in [-0.2, 0) is 9.59 Å². The molecule has 5 nitrogen and oxygen atoms in total. The third kappa shape index (κ3) is 7.13. The van der Waals surface area contributed by atoms with Crippen molar-refractivity contribution < 1.29 is 9.59 Å². The fraction of sp³-hybridized carbons (Fsp3) is 0.579. The molecule has 1 atom stereocenters. The number of amides is 2. The minimum atomic E-state index is -0.106. The van der Waals surface area contributed by atoms with E-state index in [1.54, 1.807) is 0 Å². The lowest BCUT2D eigenvalue weighted by molar-refractivity contribution is -0.123. The van der Waals surface area contributed by atoms with Crippen LogP contribution in [0, 0.1) is 0 Å². The van der Waals surface area contributed by atoms with Gasteiger partial charge in [-0.05, 0) is 50.4 Å². The normalized spacial score (nSPS) is 12.3. The number of nitrogens with one attached hydrogen (secondary N) is 2. The average molecular weight is 333 g/mol. The molecule has 1 aromatic carbocycles. The SMILES string of the molecule is CC[C@H](C)c1ccc(NC(=O)CN(CC)CC(=O)NC(C)C)cc1. The van der Waals surface area contributed by atoms with Gasteiger partial charge in [0, 0.05) is 11.7 Å². The van der Waals surface area contributed by atoms with Crippen LogP contribution in [0.3, 0.4) is 0 Å². The molecule has 0 bridgehead atoms. The van der Waals surface area contributed by atoms with Crippen molar-refractivity contribution in [2.24, 2.45) is 0 Å².